The van der Waals surface area contributed by atoms with Crippen LogP contribution >= 0.6 is 31.9 Å². The van der Waals surface area contributed by atoms with E-state index in [0.717, 1.165) is 18.6 Å². The van der Waals surface area contributed by atoms with Gasteiger partial charge in [-0.05, 0) is 24.0 Å². The molecule has 108 valence electrons. The molecule has 0 aliphatic carbocycles. The first-order valence-electron chi connectivity index (χ1n) is 6.50. The van der Waals surface area contributed by atoms with Crippen LogP contribution in [0.1, 0.15) is 25.8 Å². The van der Waals surface area contributed by atoms with Gasteiger partial charge in [-0.25, -0.2) is 4.39 Å². The molecular weight excluding hydrogens is 375 g/mol. The molecular formula is C15H21Br2FO. The molecule has 19 heavy (non-hydrogen) atoms. The Balaban J connectivity index is 2.77. The van der Waals surface area contributed by atoms with Gasteiger partial charge in [0, 0.05) is 29.3 Å². The zero-order chi connectivity index (χ0) is 14.3. The van der Waals surface area contributed by atoms with E-state index in [1.165, 1.54) is 6.07 Å². The number of rotatable bonds is 8. The van der Waals surface area contributed by atoms with Crippen LogP contribution in [0.3, 0.4) is 0 Å². The first kappa shape index (κ1) is 17.1. The summed E-state index contributed by atoms with van der Waals surface area (Å²) in [5.74, 6) is 0.376. The molecule has 0 fully saturated rings. The minimum absolute atomic E-state index is 0.148. The highest BCUT2D eigenvalue weighted by Crippen LogP contribution is 2.34. The summed E-state index contributed by atoms with van der Waals surface area (Å²) in [7, 11) is 0. The molecule has 0 aliphatic heterocycles. The van der Waals surface area contributed by atoms with Crippen molar-refractivity contribution in [1.29, 1.82) is 0 Å². The van der Waals surface area contributed by atoms with Crippen LogP contribution < -0.4 is 0 Å². The monoisotopic (exact) mass is 394 g/mol. The zero-order valence-corrected chi connectivity index (χ0v) is 14.6. The third kappa shape index (κ3) is 4.83. The van der Waals surface area contributed by atoms with Crippen LogP contribution in [-0.4, -0.2) is 23.9 Å². The molecule has 1 nitrogen and oxygen atoms in total. The Morgan fingerprint density at radius 1 is 1.21 bits per heavy atom. The van der Waals surface area contributed by atoms with Gasteiger partial charge in [0.05, 0.1) is 0 Å². The summed E-state index contributed by atoms with van der Waals surface area (Å²) in [6, 6.07) is 6.99. The van der Waals surface area contributed by atoms with Gasteiger partial charge in [0.1, 0.15) is 5.82 Å². The second-order valence-electron chi connectivity index (χ2n) is 5.25. The minimum Gasteiger partial charge on any atom is -0.381 e. The summed E-state index contributed by atoms with van der Waals surface area (Å²) in [6.07, 6.45) is 0.789. The van der Waals surface area contributed by atoms with E-state index in [1.54, 1.807) is 6.07 Å². The van der Waals surface area contributed by atoms with E-state index in [0.29, 0.717) is 23.2 Å². The van der Waals surface area contributed by atoms with Crippen molar-refractivity contribution in [3.05, 3.63) is 35.6 Å². The van der Waals surface area contributed by atoms with E-state index < -0.39 is 0 Å². The van der Waals surface area contributed by atoms with Gasteiger partial charge in [0.15, 0.2) is 0 Å². The van der Waals surface area contributed by atoms with Gasteiger partial charge in [-0.2, -0.15) is 0 Å². The number of alkyl halides is 2. The molecule has 0 unspecified atom stereocenters. The number of halogens is 3. The number of ether oxygens (including phenoxy) is 1. The maximum atomic E-state index is 14.0. The fraction of sp³-hybridized carbons (Fsp3) is 0.600. The molecule has 0 saturated carbocycles. The largest absolute Gasteiger partial charge is 0.381 e. The molecule has 0 amide bonds. The van der Waals surface area contributed by atoms with Gasteiger partial charge in [-0.1, -0.05) is 63.9 Å². The highest BCUT2D eigenvalue weighted by atomic mass is 79.9. The minimum atomic E-state index is -0.262. The zero-order valence-electron chi connectivity index (χ0n) is 11.5. The fourth-order valence-corrected chi connectivity index (χ4v) is 4.02. The topological polar surface area (TPSA) is 9.23 Å². The summed E-state index contributed by atoms with van der Waals surface area (Å²) in [5, 5.41) is 1.41. The lowest BCUT2D eigenvalue weighted by Gasteiger charge is -2.31. The maximum Gasteiger partial charge on any atom is 0.127 e. The van der Waals surface area contributed by atoms with E-state index in [-0.39, 0.29) is 11.2 Å². The number of hydrogen-bond acceptors (Lipinski definition) is 1. The van der Waals surface area contributed by atoms with Crippen LogP contribution in [0.25, 0.3) is 0 Å². The molecule has 1 aromatic carbocycles. The van der Waals surface area contributed by atoms with Crippen molar-refractivity contribution in [2.45, 2.75) is 25.7 Å². The van der Waals surface area contributed by atoms with Gasteiger partial charge in [-0.3, -0.25) is 0 Å². The molecule has 0 saturated heterocycles. The summed E-state index contributed by atoms with van der Waals surface area (Å²) < 4.78 is 19.7. The van der Waals surface area contributed by atoms with Crippen molar-refractivity contribution < 1.29 is 9.13 Å². The smallest absolute Gasteiger partial charge is 0.127 e. The van der Waals surface area contributed by atoms with Crippen molar-refractivity contribution in [2.24, 2.45) is 5.92 Å². The van der Waals surface area contributed by atoms with Crippen LogP contribution in [0.2, 0.25) is 0 Å². The van der Waals surface area contributed by atoms with Crippen molar-refractivity contribution >= 4 is 31.9 Å². The lowest BCUT2D eigenvalue weighted by atomic mass is 9.81. The van der Waals surface area contributed by atoms with Crippen LogP contribution in [-0.2, 0) is 10.2 Å². The Labute approximate surface area is 132 Å². The highest BCUT2D eigenvalue weighted by Gasteiger charge is 2.32. The molecule has 0 heterocycles. The lowest BCUT2D eigenvalue weighted by Crippen LogP contribution is -2.33. The summed E-state index contributed by atoms with van der Waals surface area (Å²) in [6.45, 7) is 5.64. The van der Waals surface area contributed by atoms with E-state index in [4.69, 9.17) is 4.74 Å². The Hall–Kier alpha value is 0.0700. The molecule has 0 atom stereocenters. The molecule has 0 spiro atoms. The van der Waals surface area contributed by atoms with E-state index >= 15 is 0 Å². The molecule has 0 N–H and O–H groups in total. The van der Waals surface area contributed by atoms with Crippen LogP contribution in [0.4, 0.5) is 4.39 Å². The predicted octanol–water partition coefficient (Wildman–Crippen LogP) is 4.92. The first-order chi connectivity index (χ1) is 9.05. The molecule has 0 aromatic heterocycles. The van der Waals surface area contributed by atoms with Gasteiger partial charge in [-0.15, -0.1) is 0 Å². The molecule has 0 bridgehead atoms. The van der Waals surface area contributed by atoms with E-state index in [2.05, 4.69) is 45.7 Å². The molecule has 4 heteroatoms. The SMILES string of the molecule is CC(C)COCCC(CBr)(CBr)c1ccccc1F. The number of hydrogen-bond donors (Lipinski definition) is 0. The Bertz CT molecular complexity index is 378. The normalized spacial score (nSPS) is 12.1. The van der Waals surface area contributed by atoms with Gasteiger partial charge < -0.3 is 4.74 Å². The average molecular weight is 396 g/mol. The lowest BCUT2D eigenvalue weighted by molar-refractivity contribution is 0.0972. The quantitative estimate of drug-likeness (QED) is 0.448. The highest BCUT2D eigenvalue weighted by molar-refractivity contribution is 9.09. The average Bonchev–Trinajstić information content (AvgIpc) is 2.40. The molecule has 1 rings (SSSR count). The molecule has 1 aromatic rings. The summed E-state index contributed by atoms with van der Waals surface area (Å²) in [5.41, 5.74) is 0.486. The fourth-order valence-electron chi connectivity index (χ4n) is 1.93. The Morgan fingerprint density at radius 3 is 2.37 bits per heavy atom. The van der Waals surface area contributed by atoms with Gasteiger partial charge in [0.25, 0.3) is 0 Å². The van der Waals surface area contributed by atoms with Crippen LogP contribution in [0.5, 0.6) is 0 Å². The summed E-state index contributed by atoms with van der Waals surface area (Å²) in [4.78, 5) is 0. The van der Waals surface area contributed by atoms with E-state index in [9.17, 15) is 4.39 Å². The van der Waals surface area contributed by atoms with Crippen molar-refractivity contribution in [3.8, 4) is 0 Å². The Kier molecular flexibility index (Phi) is 7.55. The van der Waals surface area contributed by atoms with Crippen LogP contribution in [0, 0.1) is 11.7 Å². The van der Waals surface area contributed by atoms with Gasteiger partial charge in [0.2, 0.25) is 0 Å². The van der Waals surface area contributed by atoms with E-state index in [1.807, 2.05) is 12.1 Å². The van der Waals surface area contributed by atoms with Crippen LogP contribution in [0.15, 0.2) is 24.3 Å². The second-order valence-corrected chi connectivity index (χ2v) is 6.37. The standard InChI is InChI=1S/C15H21Br2FO/c1-12(2)9-19-8-7-15(10-16,11-17)13-5-3-4-6-14(13)18/h3-6,12H,7-11H2,1-2H3. The first-order valence-corrected chi connectivity index (χ1v) is 8.74. The summed E-state index contributed by atoms with van der Waals surface area (Å²) >= 11 is 7.07. The maximum absolute atomic E-state index is 14.0. The third-order valence-corrected chi connectivity index (χ3v) is 5.28. The van der Waals surface area contributed by atoms with Gasteiger partial charge >= 0.3 is 0 Å². The molecule has 0 radical (unpaired) electrons. The van der Waals surface area contributed by atoms with Crippen molar-refractivity contribution in [3.63, 3.8) is 0 Å². The Morgan fingerprint density at radius 2 is 1.84 bits per heavy atom. The van der Waals surface area contributed by atoms with Crippen molar-refractivity contribution in [1.82, 2.24) is 0 Å². The third-order valence-electron chi connectivity index (χ3n) is 3.13. The second kappa shape index (κ2) is 8.38. The molecule has 0 aliphatic rings. The number of benzene rings is 1. The van der Waals surface area contributed by atoms with Crippen molar-refractivity contribution in [2.75, 3.05) is 23.9 Å². The predicted molar refractivity (Wildman–Crippen MR) is 85.9 cm³/mol.